The molecule has 2 fully saturated rings. The average Bonchev–Trinajstić information content (AvgIpc) is 3.18. The number of amides is 3. The fourth-order valence-corrected chi connectivity index (χ4v) is 4.25. The van der Waals surface area contributed by atoms with Crippen molar-refractivity contribution in [3.63, 3.8) is 0 Å². The van der Waals surface area contributed by atoms with Gasteiger partial charge in [0.25, 0.3) is 0 Å². The van der Waals surface area contributed by atoms with Gasteiger partial charge in [-0.3, -0.25) is 14.4 Å². The lowest BCUT2D eigenvalue weighted by molar-refractivity contribution is -0.140. The van der Waals surface area contributed by atoms with Crippen molar-refractivity contribution in [3.8, 4) is 0 Å². The summed E-state index contributed by atoms with van der Waals surface area (Å²) < 4.78 is 0. The van der Waals surface area contributed by atoms with Gasteiger partial charge in [-0.2, -0.15) is 0 Å². The molecular formula is C21H38N4O3. The van der Waals surface area contributed by atoms with Crippen molar-refractivity contribution < 1.29 is 14.4 Å². The van der Waals surface area contributed by atoms with Gasteiger partial charge in [0.1, 0.15) is 6.04 Å². The Morgan fingerprint density at radius 3 is 2.04 bits per heavy atom. The predicted molar refractivity (Wildman–Crippen MR) is 110 cm³/mol. The Kier molecular flexibility index (Phi) is 7.12. The summed E-state index contributed by atoms with van der Waals surface area (Å²) >= 11 is 0. The number of carbonyl (C=O) groups excluding carboxylic acids is 3. The average molecular weight is 395 g/mol. The van der Waals surface area contributed by atoms with Crippen LogP contribution in [0.4, 0.5) is 0 Å². The van der Waals surface area contributed by atoms with Gasteiger partial charge in [-0.25, -0.2) is 0 Å². The monoisotopic (exact) mass is 394 g/mol. The first-order valence-electron chi connectivity index (χ1n) is 10.5. The molecule has 2 aliphatic rings. The van der Waals surface area contributed by atoms with E-state index in [0.717, 1.165) is 12.8 Å². The first kappa shape index (κ1) is 22.7. The number of nitrogens with zero attached hydrogens (tertiary/aromatic N) is 2. The van der Waals surface area contributed by atoms with E-state index in [-0.39, 0.29) is 35.8 Å². The van der Waals surface area contributed by atoms with Gasteiger partial charge in [0.15, 0.2) is 0 Å². The van der Waals surface area contributed by atoms with E-state index >= 15 is 0 Å². The van der Waals surface area contributed by atoms with Crippen LogP contribution in [-0.4, -0.2) is 71.8 Å². The highest BCUT2D eigenvalue weighted by molar-refractivity contribution is 5.90. The second kappa shape index (κ2) is 8.80. The van der Waals surface area contributed by atoms with E-state index in [1.54, 1.807) is 14.0 Å². The summed E-state index contributed by atoms with van der Waals surface area (Å²) in [6.45, 7) is 13.2. The first-order valence-corrected chi connectivity index (χ1v) is 10.5. The molecule has 2 N–H and O–H groups in total. The minimum atomic E-state index is -0.588. The van der Waals surface area contributed by atoms with Crippen LogP contribution in [0.3, 0.4) is 0 Å². The van der Waals surface area contributed by atoms with Crippen LogP contribution in [0.25, 0.3) is 0 Å². The SMILES string of the molecule is CN[C@@H](C)C(=O)NC(C(=O)N1CCC2C1CCN2C(=O)CC(C)C)C(C)(C)C. The van der Waals surface area contributed by atoms with E-state index in [1.807, 2.05) is 30.6 Å². The fraction of sp³-hybridized carbons (Fsp3) is 0.857. The summed E-state index contributed by atoms with van der Waals surface area (Å²) in [6, 6.07) is -0.774. The number of likely N-dealkylation sites (tertiary alicyclic amines) is 2. The molecule has 0 aliphatic carbocycles. The highest BCUT2D eigenvalue weighted by atomic mass is 16.2. The molecule has 7 heteroatoms. The molecule has 0 saturated carbocycles. The van der Waals surface area contributed by atoms with Gasteiger partial charge >= 0.3 is 0 Å². The number of likely N-dealkylation sites (N-methyl/N-ethyl adjacent to an activating group) is 1. The summed E-state index contributed by atoms with van der Waals surface area (Å²) in [4.78, 5) is 42.3. The van der Waals surface area contributed by atoms with Crippen molar-refractivity contribution in [1.29, 1.82) is 0 Å². The van der Waals surface area contributed by atoms with Crippen LogP contribution in [0.15, 0.2) is 0 Å². The lowest BCUT2D eigenvalue weighted by Gasteiger charge is -2.36. The topological polar surface area (TPSA) is 81.8 Å². The fourth-order valence-electron chi connectivity index (χ4n) is 4.25. The van der Waals surface area contributed by atoms with Crippen molar-refractivity contribution in [2.24, 2.45) is 11.3 Å². The maximum absolute atomic E-state index is 13.4. The molecule has 3 unspecified atom stereocenters. The third kappa shape index (κ3) is 4.85. The van der Waals surface area contributed by atoms with E-state index in [2.05, 4.69) is 24.5 Å². The molecule has 2 rings (SSSR count). The quantitative estimate of drug-likeness (QED) is 0.713. The third-order valence-electron chi connectivity index (χ3n) is 5.99. The lowest BCUT2D eigenvalue weighted by atomic mass is 9.85. The maximum Gasteiger partial charge on any atom is 0.246 e. The third-order valence-corrected chi connectivity index (χ3v) is 5.99. The standard InChI is InChI=1S/C21H38N4O3/c1-13(2)12-17(26)24-10-8-16-15(24)9-11-25(16)20(28)18(21(4,5)6)23-19(27)14(3)22-7/h13-16,18,22H,8-12H2,1-7H3,(H,23,27)/t14-,15?,16?,18?/m0/s1. The molecule has 0 radical (unpaired) electrons. The maximum atomic E-state index is 13.4. The van der Waals surface area contributed by atoms with Gasteiger partial charge in [0.05, 0.1) is 18.1 Å². The molecule has 0 bridgehead atoms. The minimum absolute atomic E-state index is 0.0326. The summed E-state index contributed by atoms with van der Waals surface area (Å²) in [5, 5.41) is 5.87. The number of carbonyl (C=O) groups is 3. The molecule has 4 atom stereocenters. The van der Waals surface area contributed by atoms with Crippen LogP contribution < -0.4 is 10.6 Å². The molecule has 0 aromatic heterocycles. The second-order valence-electron chi connectivity index (χ2n) is 9.75. The van der Waals surface area contributed by atoms with Crippen LogP contribution in [0.5, 0.6) is 0 Å². The highest BCUT2D eigenvalue weighted by Gasteiger charge is 2.48. The number of hydrogen-bond acceptors (Lipinski definition) is 4. The second-order valence-corrected chi connectivity index (χ2v) is 9.75. The van der Waals surface area contributed by atoms with Crippen LogP contribution >= 0.6 is 0 Å². The zero-order valence-electron chi connectivity index (χ0n) is 18.5. The number of hydrogen-bond donors (Lipinski definition) is 2. The van der Waals surface area contributed by atoms with Crippen LogP contribution in [0.1, 0.15) is 60.8 Å². The van der Waals surface area contributed by atoms with Crippen molar-refractivity contribution in [2.75, 3.05) is 20.1 Å². The smallest absolute Gasteiger partial charge is 0.246 e. The van der Waals surface area contributed by atoms with E-state index in [9.17, 15) is 14.4 Å². The van der Waals surface area contributed by atoms with Crippen molar-refractivity contribution in [1.82, 2.24) is 20.4 Å². The molecule has 7 nitrogen and oxygen atoms in total. The molecule has 0 aromatic carbocycles. The first-order chi connectivity index (χ1) is 13.0. The van der Waals surface area contributed by atoms with Gasteiger partial charge in [-0.1, -0.05) is 34.6 Å². The minimum Gasteiger partial charge on any atom is -0.342 e. The Morgan fingerprint density at radius 1 is 1.00 bits per heavy atom. The van der Waals surface area contributed by atoms with Gasteiger partial charge in [0, 0.05) is 19.5 Å². The van der Waals surface area contributed by atoms with Gasteiger partial charge < -0.3 is 20.4 Å². The van der Waals surface area contributed by atoms with Crippen molar-refractivity contribution in [2.45, 2.75) is 85.0 Å². The van der Waals surface area contributed by atoms with Crippen LogP contribution in [0.2, 0.25) is 0 Å². The van der Waals surface area contributed by atoms with Gasteiger partial charge in [0.2, 0.25) is 17.7 Å². The Morgan fingerprint density at radius 2 is 1.54 bits per heavy atom. The van der Waals surface area contributed by atoms with Crippen LogP contribution in [0, 0.1) is 11.3 Å². The number of fused-ring (bicyclic) bond motifs is 1. The highest BCUT2D eigenvalue weighted by Crippen LogP contribution is 2.34. The summed E-state index contributed by atoms with van der Waals surface area (Å²) in [7, 11) is 1.73. The predicted octanol–water partition coefficient (Wildman–Crippen LogP) is 1.37. The van der Waals surface area contributed by atoms with E-state index < -0.39 is 11.5 Å². The van der Waals surface area contributed by atoms with Crippen LogP contribution in [-0.2, 0) is 14.4 Å². The Hall–Kier alpha value is -1.63. The van der Waals surface area contributed by atoms with E-state index in [4.69, 9.17) is 0 Å². The van der Waals surface area contributed by atoms with Crippen molar-refractivity contribution >= 4 is 17.7 Å². The molecule has 2 heterocycles. The number of rotatable bonds is 6. The Bertz CT molecular complexity index is 599. The van der Waals surface area contributed by atoms with E-state index in [0.29, 0.717) is 25.4 Å². The lowest BCUT2D eigenvalue weighted by Crippen LogP contribution is -2.58. The number of nitrogens with one attached hydrogen (secondary N) is 2. The molecule has 3 amide bonds. The Balaban J connectivity index is 2.12. The molecule has 2 aliphatic heterocycles. The molecule has 28 heavy (non-hydrogen) atoms. The van der Waals surface area contributed by atoms with Crippen molar-refractivity contribution in [3.05, 3.63) is 0 Å². The van der Waals surface area contributed by atoms with Gasteiger partial charge in [-0.15, -0.1) is 0 Å². The normalized spacial score (nSPS) is 24.3. The molecule has 0 spiro atoms. The summed E-state index contributed by atoms with van der Waals surface area (Å²) in [5.41, 5.74) is -0.399. The molecule has 160 valence electrons. The summed E-state index contributed by atoms with van der Waals surface area (Å²) in [6.07, 6.45) is 2.19. The summed E-state index contributed by atoms with van der Waals surface area (Å²) in [5.74, 6) is 0.321. The van der Waals surface area contributed by atoms with E-state index in [1.165, 1.54) is 0 Å². The zero-order chi connectivity index (χ0) is 21.2. The van der Waals surface area contributed by atoms with Gasteiger partial charge in [-0.05, 0) is 38.1 Å². The largest absolute Gasteiger partial charge is 0.342 e. The molecule has 2 saturated heterocycles. The molecular weight excluding hydrogens is 356 g/mol. The zero-order valence-corrected chi connectivity index (χ0v) is 18.5. The Labute approximate surface area is 169 Å². The molecule has 0 aromatic rings.